The number of methoxy groups -OCH3 is 1. The summed E-state index contributed by atoms with van der Waals surface area (Å²) in [6.45, 7) is 0. The van der Waals surface area contributed by atoms with E-state index in [0.717, 1.165) is 0 Å². The maximum atomic E-state index is 12.7. The van der Waals surface area contributed by atoms with E-state index in [1.54, 1.807) is 66.7 Å². The largest absolute Gasteiger partial charge is 0.495 e. The third kappa shape index (κ3) is 5.07. The minimum atomic E-state index is -0.394. The average molecular weight is 442 g/mol. The molecule has 0 atom stereocenters. The molecule has 3 aromatic carbocycles. The molecule has 0 saturated heterocycles. The van der Waals surface area contributed by atoms with Gasteiger partial charge in [-0.15, -0.1) is 0 Å². The number of hydrazone groups is 1. The van der Waals surface area contributed by atoms with Gasteiger partial charge in [-0.05, 0) is 48.5 Å². The van der Waals surface area contributed by atoms with Crippen molar-refractivity contribution >= 4 is 40.5 Å². The minimum Gasteiger partial charge on any atom is -0.495 e. The Morgan fingerprint density at radius 2 is 1.55 bits per heavy atom. The fourth-order valence-corrected chi connectivity index (χ4v) is 3.34. The number of carbonyl (C=O) groups excluding carboxylic acids is 3. The van der Waals surface area contributed by atoms with Crippen LogP contribution in [-0.4, -0.2) is 30.5 Å². The standard InChI is InChI=1S/C25H22N4O4/c1-33-22-10-6-5-9-20(22)27-24(31)17-11-13-18(14-12-17)26-25(32)21-15-16-23(30)29(28-21)19-7-3-2-4-8-19/h2-14H,15-16H2,1H3,(H,26,32)(H,27,31). The molecule has 1 aliphatic heterocycles. The van der Waals surface area contributed by atoms with E-state index in [1.165, 1.54) is 12.1 Å². The first kappa shape index (κ1) is 21.8. The van der Waals surface area contributed by atoms with Gasteiger partial charge in [-0.2, -0.15) is 5.10 Å². The Kier molecular flexibility index (Phi) is 6.45. The molecule has 0 aromatic heterocycles. The van der Waals surface area contributed by atoms with Gasteiger partial charge in [-0.3, -0.25) is 14.4 Å². The molecule has 4 rings (SSSR count). The van der Waals surface area contributed by atoms with Crippen LogP contribution < -0.4 is 20.4 Å². The highest BCUT2D eigenvalue weighted by molar-refractivity contribution is 6.44. The third-order valence-corrected chi connectivity index (χ3v) is 5.06. The molecule has 0 saturated carbocycles. The second-order valence-electron chi connectivity index (χ2n) is 7.27. The Labute approximate surface area is 190 Å². The van der Waals surface area contributed by atoms with Crippen LogP contribution in [0.5, 0.6) is 5.75 Å². The van der Waals surface area contributed by atoms with Gasteiger partial charge in [0.1, 0.15) is 11.5 Å². The Morgan fingerprint density at radius 3 is 2.27 bits per heavy atom. The highest BCUT2D eigenvalue weighted by Crippen LogP contribution is 2.24. The van der Waals surface area contributed by atoms with E-state index >= 15 is 0 Å². The average Bonchev–Trinajstić information content (AvgIpc) is 2.85. The van der Waals surface area contributed by atoms with Crippen molar-refractivity contribution in [3.8, 4) is 5.75 Å². The second-order valence-corrected chi connectivity index (χ2v) is 7.27. The van der Waals surface area contributed by atoms with E-state index in [0.29, 0.717) is 28.4 Å². The van der Waals surface area contributed by atoms with Gasteiger partial charge in [0, 0.05) is 24.1 Å². The summed E-state index contributed by atoms with van der Waals surface area (Å²) in [5, 5.41) is 11.1. The van der Waals surface area contributed by atoms with Gasteiger partial charge in [-0.25, -0.2) is 5.01 Å². The monoisotopic (exact) mass is 442 g/mol. The number of nitrogens with one attached hydrogen (secondary N) is 2. The van der Waals surface area contributed by atoms with Crippen molar-refractivity contribution in [3.63, 3.8) is 0 Å². The molecule has 3 amide bonds. The van der Waals surface area contributed by atoms with E-state index in [2.05, 4.69) is 15.7 Å². The first-order chi connectivity index (χ1) is 16.0. The molecule has 0 fully saturated rings. The zero-order valence-corrected chi connectivity index (χ0v) is 17.9. The molecule has 3 aromatic rings. The Bertz CT molecular complexity index is 1210. The lowest BCUT2D eigenvalue weighted by molar-refractivity contribution is -0.118. The lowest BCUT2D eigenvalue weighted by Gasteiger charge is -2.23. The maximum Gasteiger partial charge on any atom is 0.271 e. The first-order valence-electron chi connectivity index (χ1n) is 10.4. The highest BCUT2D eigenvalue weighted by Gasteiger charge is 2.25. The van der Waals surface area contributed by atoms with E-state index in [-0.39, 0.29) is 30.4 Å². The fraction of sp³-hybridized carbons (Fsp3) is 0.120. The van der Waals surface area contributed by atoms with E-state index in [9.17, 15) is 14.4 Å². The molecule has 8 heteroatoms. The molecular weight excluding hydrogens is 420 g/mol. The smallest absolute Gasteiger partial charge is 0.271 e. The maximum absolute atomic E-state index is 12.7. The number of hydrogen-bond donors (Lipinski definition) is 2. The molecule has 1 heterocycles. The number of amides is 3. The van der Waals surface area contributed by atoms with Crippen LogP contribution in [-0.2, 0) is 9.59 Å². The molecule has 2 N–H and O–H groups in total. The number of ether oxygens (including phenoxy) is 1. The molecule has 0 aliphatic carbocycles. The number of rotatable bonds is 6. The van der Waals surface area contributed by atoms with Crippen molar-refractivity contribution in [3.05, 3.63) is 84.4 Å². The molecule has 166 valence electrons. The van der Waals surface area contributed by atoms with Crippen LogP contribution >= 0.6 is 0 Å². The molecule has 1 aliphatic rings. The van der Waals surface area contributed by atoms with Gasteiger partial charge in [0.2, 0.25) is 5.91 Å². The van der Waals surface area contributed by atoms with Gasteiger partial charge < -0.3 is 15.4 Å². The highest BCUT2D eigenvalue weighted by atomic mass is 16.5. The number of anilines is 3. The normalized spacial score (nSPS) is 13.2. The summed E-state index contributed by atoms with van der Waals surface area (Å²) in [7, 11) is 1.54. The predicted molar refractivity (Wildman–Crippen MR) is 127 cm³/mol. The fourth-order valence-electron chi connectivity index (χ4n) is 3.34. The van der Waals surface area contributed by atoms with Gasteiger partial charge in [-0.1, -0.05) is 30.3 Å². The summed E-state index contributed by atoms with van der Waals surface area (Å²) in [5.41, 5.74) is 2.37. The molecule has 8 nitrogen and oxygen atoms in total. The molecule has 0 radical (unpaired) electrons. The van der Waals surface area contributed by atoms with Gasteiger partial charge in [0.25, 0.3) is 11.8 Å². The van der Waals surface area contributed by atoms with Gasteiger partial charge in [0.15, 0.2) is 0 Å². The number of benzene rings is 3. The lowest BCUT2D eigenvalue weighted by atomic mass is 10.1. The van der Waals surface area contributed by atoms with Crippen LogP contribution in [0.3, 0.4) is 0 Å². The van der Waals surface area contributed by atoms with Crippen molar-refractivity contribution in [1.82, 2.24) is 0 Å². The summed E-state index contributed by atoms with van der Waals surface area (Å²) in [6, 6.07) is 22.6. The summed E-state index contributed by atoms with van der Waals surface area (Å²) >= 11 is 0. The van der Waals surface area contributed by atoms with Crippen molar-refractivity contribution in [2.75, 3.05) is 22.8 Å². The Morgan fingerprint density at radius 1 is 0.848 bits per heavy atom. The van der Waals surface area contributed by atoms with Crippen LogP contribution in [0.2, 0.25) is 0 Å². The van der Waals surface area contributed by atoms with Crippen LogP contribution in [0.1, 0.15) is 23.2 Å². The summed E-state index contributed by atoms with van der Waals surface area (Å²) < 4.78 is 5.25. The first-order valence-corrected chi connectivity index (χ1v) is 10.4. The quantitative estimate of drug-likeness (QED) is 0.601. The van der Waals surface area contributed by atoms with E-state index in [4.69, 9.17) is 4.74 Å². The van der Waals surface area contributed by atoms with Crippen LogP contribution in [0, 0.1) is 0 Å². The van der Waals surface area contributed by atoms with Crippen molar-refractivity contribution < 1.29 is 19.1 Å². The van der Waals surface area contributed by atoms with Gasteiger partial charge >= 0.3 is 0 Å². The number of hydrogen-bond acceptors (Lipinski definition) is 5. The summed E-state index contributed by atoms with van der Waals surface area (Å²) in [4.78, 5) is 37.5. The van der Waals surface area contributed by atoms with Crippen molar-refractivity contribution in [2.24, 2.45) is 5.10 Å². The third-order valence-electron chi connectivity index (χ3n) is 5.06. The minimum absolute atomic E-state index is 0.164. The molecule has 0 unspecified atom stereocenters. The van der Waals surface area contributed by atoms with Crippen molar-refractivity contribution in [1.29, 1.82) is 0 Å². The Hall–Kier alpha value is -4.46. The van der Waals surface area contributed by atoms with Crippen LogP contribution in [0.4, 0.5) is 17.1 Å². The summed E-state index contributed by atoms with van der Waals surface area (Å²) in [5.74, 6) is -0.296. The molecule has 33 heavy (non-hydrogen) atoms. The lowest BCUT2D eigenvalue weighted by Crippen LogP contribution is -2.36. The van der Waals surface area contributed by atoms with Crippen LogP contribution in [0.25, 0.3) is 0 Å². The number of para-hydroxylation sites is 3. The number of nitrogens with zero attached hydrogens (tertiary/aromatic N) is 2. The number of carbonyl (C=O) groups is 3. The molecule has 0 spiro atoms. The zero-order valence-electron chi connectivity index (χ0n) is 17.9. The molecule has 0 bridgehead atoms. The summed E-state index contributed by atoms with van der Waals surface area (Å²) in [6.07, 6.45) is 0.455. The Balaban J connectivity index is 1.43. The SMILES string of the molecule is COc1ccccc1NC(=O)c1ccc(NC(=O)C2=NN(c3ccccc3)C(=O)CC2)cc1. The van der Waals surface area contributed by atoms with Crippen LogP contribution in [0.15, 0.2) is 84.0 Å². The topological polar surface area (TPSA) is 100 Å². The van der Waals surface area contributed by atoms with E-state index in [1.807, 2.05) is 12.1 Å². The van der Waals surface area contributed by atoms with Crippen molar-refractivity contribution in [2.45, 2.75) is 12.8 Å². The molecular formula is C25H22N4O4. The predicted octanol–water partition coefficient (Wildman–Crippen LogP) is 4.07. The van der Waals surface area contributed by atoms with Gasteiger partial charge in [0.05, 0.1) is 18.5 Å². The second kappa shape index (κ2) is 9.78. The zero-order chi connectivity index (χ0) is 23.2. The van der Waals surface area contributed by atoms with E-state index < -0.39 is 5.91 Å².